The van der Waals surface area contributed by atoms with Crippen LogP contribution in [0.3, 0.4) is 0 Å². The maximum Gasteiger partial charge on any atom is 0.327 e. The second-order valence-corrected chi connectivity index (χ2v) is 7.05. The largest absolute Gasteiger partial charge is 0.327 e. The molecule has 5 N–H and O–H groups in total. The fourth-order valence-electron chi connectivity index (χ4n) is 1.30. The van der Waals surface area contributed by atoms with Gasteiger partial charge in [0.1, 0.15) is 0 Å². The fourth-order valence-corrected chi connectivity index (χ4v) is 2.94. The zero-order chi connectivity index (χ0) is 12.3. The van der Waals surface area contributed by atoms with Crippen LogP contribution < -0.4 is 5.32 Å². The van der Waals surface area contributed by atoms with Crippen molar-refractivity contribution in [3.8, 4) is 0 Å². The molecular formula is C6H17NO6P2. The van der Waals surface area contributed by atoms with Crippen LogP contribution in [0.25, 0.3) is 0 Å². The monoisotopic (exact) mass is 261 g/mol. The Morgan fingerprint density at radius 2 is 1.20 bits per heavy atom. The Labute approximate surface area is 88.2 Å². The van der Waals surface area contributed by atoms with E-state index in [0.717, 1.165) is 0 Å². The van der Waals surface area contributed by atoms with Gasteiger partial charge < -0.3 is 24.9 Å². The highest BCUT2D eigenvalue weighted by Crippen LogP contribution is 2.36. The smallest absolute Gasteiger partial charge is 0.324 e. The molecule has 0 spiro atoms. The summed E-state index contributed by atoms with van der Waals surface area (Å²) in [5.74, 6) is 0. The van der Waals surface area contributed by atoms with E-state index in [9.17, 15) is 9.13 Å². The number of hydrogen-bond acceptors (Lipinski definition) is 3. The minimum atomic E-state index is -4.09. The van der Waals surface area contributed by atoms with Crippen LogP contribution in [0.2, 0.25) is 0 Å². The molecule has 15 heavy (non-hydrogen) atoms. The Hall–Kier alpha value is 0.260. The van der Waals surface area contributed by atoms with Gasteiger partial charge in [0, 0.05) is 12.1 Å². The van der Waals surface area contributed by atoms with Gasteiger partial charge in [-0.2, -0.15) is 0 Å². The van der Waals surface area contributed by atoms with E-state index in [1.54, 1.807) is 13.8 Å². The number of hydrogen-bond donors (Lipinski definition) is 5. The van der Waals surface area contributed by atoms with Gasteiger partial charge in [-0.05, 0) is 13.8 Å². The molecule has 92 valence electrons. The molecule has 0 aromatic heterocycles. The molecule has 0 aliphatic rings. The molecule has 0 rings (SSSR count). The molecule has 0 fully saturated rings. The highest BCUT2D eigenvalue weighted by molar-refractivity contribution is 7.52. The van der Waals surface area contributed by atoms with Crippen LogP contribution in [0.15, 0.2) is 0 Å². The van der Waals surface area contributed by atoms with E-state index in [4.69, 9.17) is 19.6 Å². The van der Waals surface area contributed by atoms with Crippen molar-refractivity contribution in [2.75, 3.05) is 12.3 Å². The first-order valence-electron chi connectivity index (χ1n) is 4.35. The van der Waals surface area contributed by atoms with E-state index in [1.807, 2.05) is 0 Å². The summed E-state index contributed by atoms with van der Waals surface area (Å²) in [6.45, 7) is 3.10. The Morgan fingerprint density at radius 3 is 1.40 bits per heavy atom. The molecule has 2 atom stereocenters. The molecule has 0 aliphatic carbocycles. The first-order chi connectivity index (χ1) is 6.49. The van der Waals surface area contributed by atoms with Gasteiger partial charge in [0.15, 0.2) is 0 Å². The van der Waals surface area contributed by atoms with Crippen LogP contribution in [0.1, 0.15) is 13.8 Å². The Morgan fingerprint density at radius 1 is 0.933 bits per heavy atom. The molecule has 0 aromatic carbocycles. The van der Waals surface area contributed by atoms with Crippen molar-refractivity contribution in [1.29, 1.82) is 0 Å². The Bertz CT molecular complexity index is 255. The van der Waals surface area contributed by atoms with Crippen LogP contribution in [0, 0.1) is 0 Å². The van der Waals surface area contributed by atoms with Gasteiger partial charge in [0.2, 0.25) is 0 Å². The molecule has 0 heterocycles. The summed E-state index contributed by atoms with van der Waals surface area (Å²) >= 11 is 0. The van der Waals surface area contributed by atoms with Crippen molar-refractivity contribution in [2.24, 2.45) is 0 Å². The molecule has 9 heteroatoms. The topological polar surface area (TPSA) is 127 Å². The SMILES string of the molecule is CC(CP(=O)(O)O)NC(C)CP(=O)(O)O. The summed E-state index contributed by atoms with van der Waals surface area (Å²) < 4.78 is 21.2. The average molecular weight is 261 g/mol. The molecule has 7 nitrogen and oxygen atoms in total. The van der Waals surface area contributed by atoms with Crippen LogP contribution in [0.5, 0.6) is 0 Å². The Balaban J connectivity index is 4.03. The third kappa shape index (κ3) is 10.5. The quantitative estimate of drug-likeness (QED) is 0.415. The van der Waals surface area contributed by atoms with E-state index in [0.29, 0.717) is 0 Å². The summed E-state index contributed by atoms with van der Waals surface area (Å²) in [6, 6.07) is -0.986. The van der Waals surface area contributed by atoms with Crippen LogP contribution in [-0.2, 0) is 9.13 Å². The lowest BCUT2D eigenvalue weighted by Crippen LogP contribution is -2.38. The minimum absolute atomic E-state index is 0.349. The van der Waals surface area contributed by atoms with Crippen molar-refractivity contribution in [1.82, 2.24) is 5.32 Å². The van der Waals surface area contributed by atoms with E-state index in [1.165, 1.54) is 0 Å². The molecule has 0 amide bonds. The average Bonchev–Trinajstić information content (AvgIpc) is 1.73. The molecule has 2 unspecified atom stereocenters. The summed E-state index contributed by atoms with van der Waals surface area (Å²) in [7, 11) is -8.17. The molecule has 0 radical (unpaired) electrons. The first-order valence-corrected chi connectivity index (χ1v) is 7.94. The van der Waals surface area contributed by atoms with Crippen molar-refractivity contribution in [3.63, 3.8) is 0 Å². The highest BCUT2D eigenvalue weighted by atomic mass is 31.2. The van der Waals surface area contributed by atoms with Crippen molar-refractivity contribution >= 4 is 15.2 Å². The highest BCUT2D eigenvalue weighted by Gasteiger charge is 2.22. The zero-order valence-electron chi connectivity index (χ0n) is 8.57. The van der Waals surface area contributed by atoms with Gasteiger partial charge >= 0.3 is 15.2 Å². The number of rotatable bonds is 6. The maximum atomic E-state index is 10.6. The van der Waals surface area contributed by atoms with E-state index < -0.39 is 27.3 Å². The van der Waals surface area contributed by atoms with Gasteiger partial charge in [-0.3, -0.25) is 9.13 Å². The predicted molar refractivity (Wildman–Crippen MR) is 55.9 cm³/mol. The molecule has 0 saturated carbocycles. The van der Waals surface area contributed by atoms with Crippen LogP contribution >= 0.6 is 15.2 Å². The summed E-state index contributed by atoms with van der Waals surface area (Å²) in [5.41, 5.74) is 0. The normalized spacial score (nSPS) is 17.5. The molecule has 0 aliphatic heterocycles. The third-order valence-corrected chi connectivity index (χ3v) is 3.64. The fraction of sp³-hybridized carbons (Fsp3) is 1.00. The van der Waals surface area contributed by atoms with Gasteiger partial charge in [-0.25, -0.2) is 0 Å². The van der Waals surface area contributed by atoms with E-state index in [2.05, 4.69) is 5.32 Å². The van der Waals surface area contributed by atoms with E-state index >= 15 is 0 Å². The zero-order valence-corrected chi connectivity index (χ0v) is 10.4. The minimum Gasteiger partial charge on any atom is -0.324 e. The van der Waals surface area contributed by atoms with Crippen molar-refractivity contribution in [2.45, 2.75) is 25.9 Å². The van der Waals surface area contributed by atoms with Gasteiger partial charge in [-0.1, -0.05) is 0 Å². The van der Waals surface area contributed by atoms with Crippen LogP contribution in [-0.4, -0.2) is 44.0 Å². The Kier molecular flexibility index (Phi) is 5.64. The first kappa shape index (κ1) is 15.3. The van der Waals surface area contributed by atoms with Crippen LogP contribution in [0.4, 0.5) is 0 Å². The molecule has 0 bridgehead atoms. The van der Waals surface area contributed by atoms with Gasteiger partial charge in [0.25, 0.3) is 0 Å². The predicted octanol–water partition coefficient (Wildman–Crippen LogP) is -0.292. The summed E-state index contributed by atoms with van der Waals surface area (Å²) in [5, 5.41) is 2.71. The standard InChI is InChI=1S/C6H17NO6P2/c1-5(3-14(8,9)10)7-6(2)4-15(11,12)13/h5-7H,3-4H2,1-2H3,(H2,8,9,10)(H2,11,12,13). The summed E-state index contributed by atoms with van der Waals surface area (Å²) in [4.78, 5) is 34.6. The second-order valence-electron chi connectivity index (χ2n) is 3.66. The molecule has 0 saturated heterocycles. The van der Waals surface area contributed by atoms with Gasteiger partial charge in [0.05, 0.1) is 12.3 Å². The number of nitrogens with one attached hydrogen (secondary N) is 1. The molecular weight excluding hydrogens is 244 g/mol. The summed E-state index contributed by atoms with van der Waals surface area (Å²) in [6.07, 6.45) is -0.697. The second kappa shape index (κ2) is 5.55. The molecule has 0 aromatic rings. The van der Waals surface area contributed by atoms with Gasteiger partial charge in [-0.15, -0.1) is 0 Å². The van der Waals surface area contributed by atoms with Crippen molar-refractivity contribution < 1.29 is 28.7 Å². The van der Waals surface area contributed by atoms with E-state index in [-0.39, 0.29) is 12.3 Å². The lowest BCUT2D eigenvalue weighted by atomic mass is 10.3. The lowest BCUT2D eigenvalue weighted by molar-refractivity contribution is 0.356. The maximum absolute atomic E-state index is 10.6. The van der Waals surface area contributed by atoms with Crippen molar-refractivity contribution in [3.05, 3.63) is 0 Å². The third-order valence-electron chi connectivity index (χ3n) is 1.59. The lowest BCUT2D eigenvalue weighted by Gasteiger charge is -2.20.